The summed E-state index contributed by atoms with van der Waals surface area (Å²) in [5.74, 6) is -0.388. The number of amides is 1. The maximum Gasteiger partial charge on any atom is 0.297 e. The third kappa shape index (κ3) is 1.85. The van der Waals surface area contributed by atoms with Crippen LogP contribution in [0.3, 0.4) is 0 Å². The SMILES string of the molecule is O=C1C(=NO)C=NN1Cc1ccccc1. The topological polar surface area (TPSA) is 65.3 Å². The van der Waals surface area contributed by atoms with Crippen molar-refractivity contribution in [1.29, 1.82) is 0 Å². The summed E-state index contributed by atoms with van der Waals surface area (Å²) in [6.45, 7) is 0.384. The summed E-state index contributed by atoms with van der Waals surface area (Å²) >= 11 is 0. The molecule has 0 saturated heterocycles. The third-order valence-corrected chi connectivity index (χ3v) is 2.06. The number of oxime groups is 1. The van der Waals surface area contributed by atoms with E-state index in [1.54, 1.807) is 0 Å². The maximum absolute atomic E-state index is 11.5. The third-order valence-electron chi connectivity index (χ3n) is 2.06. The van der Waals surface area contributed by atoms with E-state index in [1.165, 1.54) is 11.2 Å². The minimum atomic E-state index is -0.388. The van der Waals surface area contributed by atoms with E-state index in [9.17, 15) is 4.79 Å². The molecule has 5 heteroatoms. The van der Waals surface area contributed by atoms with Crippen LogP contribution in [0, 0.1) is 0 Å². The Balaban J connectivity index is 2.10. The van der Waals surface area contributed by atoms with Crippen LogP contribution in [0.15, 0.2) is 40.6 Å². The number of hydrogen-bond donors (Lipinski definition) is 1. The highest BCUT2D eigenvalue weighted by Gasteiger charge is 2.24. The number of hydrogen-bond acceptors (Lipinski definition) is 4. The van der Waals surface area contributed by atoms with Crippen LogP contribution < -0.4 is 0 Å². The van der Waals surface area contributed by atoms with E-state index in [0.717, 1.165) is 5.56 Å². The van der Waals surface area contributed by atoms with Crippen molar-refractivity contribution < 1.29 is 10.0 Å². The van der Waals surface area contributed by atoms with Gasteiger partial charge in [0.15, 0.2) is 5.71 Å². The lowest BCUT2D eigenvalue weighted by Gasteiger charge is -2.10. The number of carbonyl (C=O) groups excluding carboxylic acids is 1. The first-order valence-electron chi connectivity index (χ1n) is 4.43. The number of rotatable bonds is 2. The van der Waals surface area contributed by atoms with E-state index >= 15 is 0 Å². The second-order valence-corrected chi connectivity index (χ2v) is 3.08. The van der Waals surface area contributed by atoms with Crippen LogP contribution in [0.5, 0.6) is 0 Å². The summed E-state index contributed by atoms with van der Waals surface area (Å²) in [6.07, 6.45) is 1.24. The number of carbonyl (C=O) groups is 1. The molecular formula is C10H9N3O2. The van der Waals surface area contributed by atoms with Crippen molar-refractivity contribution in [1.82, 2.24) is 5.01 Å². The Morgan fingerprint density at radius 3 is 2.67 bits per heavy atom. The van der Waals surface area contributed by atoms with Gasteiger partial charge in [-0.1, -0.05) is 35.5 Å². The molecule has 15 heavy (non-hydrogen) atoms. The molecule has 2 rings (SSSR count). The van der Waals surface area contributed by atoms with Crippen LogP contribution in [0.25, 0.3) is 0 Å². The molecule has 76 valence electrons. The average molecular weight is 203 g/mol. The van der Waals surface area contributed by atoms with Crippen LogP contribution in [-0.2, 0) is 11.3 Å². The molecular weight excluding hydrogens is 194 g/mol. The summed E-state index contributed by atoms with van der Waals surface area (Å²) in [7, 11) is 0. The van der Waals surface area contributed by atoms with Gasteiger partial charge in [-0.15, -0.1) is 0 Å². The molecule has 0 radical (unpaired) electrons. The molecule has 1 heterocycles. The van der Waals surface area contributed by atoms with Crippen LogP contribution in [0.4, 0.5) is 0 Å². The quantitative estimate of drug-likeness (QED) is 0.572. The molecule has 0 atom stereocenters. The van der Waals surface area contributed by atoms with Gasteiger partial charge in [-0.3, -0.25) is 4.79 Å². The minimum Gasteiger partial charge on any atom is -0.410 e. The van der Waals surface area contributed by atoms with E-state index in [1.807, 2.05) is 30.3 Å². The molecule has 0 saturated carbocycles. The molecule has 0 aromatic heterocycles. The molecule has 0 fully saturated rings. The van der Waals surface area contributed by atoms with Crippen molar-refractivity contribution in [3.8, 4) is 0 Å². The van der Waals surface area contributed by atoms with Crippen LogP contribution in [0.2, 0.25) is 0 Å². The Kier molecular flexibility index (Phi) is 2.45. The number of benzene rings is 1. The number of hydrazone groups is 1. The molecule has 0 bridgehead atoms. The molecule has 1 aliphatic rings. The van der Waals surface area contributed by atoms with Gasteiger partial charge in [0.2, 0.25) is 0 Å². The monoisotopic (exact) mass is 203 g/mol. The van der Waals surface area contributed by atoms with Crippen LogP contribution in [-0.4, -0.2) is 28.0 Å². The molecule has 1 aromatic carbocycles. The summed E-state index contributed by atoms with van der Waals surface area (Å²) in [5, 5.41) is 16.4. The van der Waals surface area contributed by atoms with E-state index in [-0.39, 0.29) is 11.6 Å². The summed E-state index contributed by atoms with van der Waals surface area (Å²) < 4.78 is 0. The van der Waals surface area contributed by atoms with Crippen molar-refractivity contribution in [2.75, 3.05) is 0 Å². The minimum absolute atomic E-state index is 0.0362. The molecule has 5 nitrogen and oxygen atoms in total. The summed E-state index contributed by atoms with van der Waals surface area (Å²) in [6, 6.07) is 9.48. The van der Waals surface area contributed by atoms with Crippen molar-refractivity contribution >= 4 is 17.8 Å². The molecule has 0 unspecified atom stereocenters. The fourth-order valence-electron chi connectivity index (χ4n) is 1.30. The first-order chi connectivity index (χ1) is 7.31. The van der Waals surface area contributed by atoms with Gasteiger partial charge in [0, 0.05) is 0 Å². The van der Waals surface area contributed by atoms with Gasteiger partial charge in [-0.2, -0.15) is 5.10 Å². The van der Waals surface area contributed by atoms with Crippen LogP contribution >= 0.6 is 0 Å². The predicted octanol–water partition coefficient (Wildman–Crippen LogP) is 0.845. The first-order valence-corrected chi connectivity index (χ1v) is 4.43. The van der Waals surface area contributed by atoms with Crippen LogP contribution in [0.1, 0.15) is 5.56 Å². The first kappa shape index (κ1) is 9.39. The molecule has 1 aliphatic heterocycles. The highest BCUT2D eigenvalue weighted by atomic mass is 16.4. The van der Waals surface area contributed by atoms with Gasteiger partial charge in [0.25, 0.3) is 5.91 Å². The van der Waals surface area contributed by atoms with Gasteiger partial charge in [0.05, 0.1) is 12.8 Å². The lowest BCUT2D eigenvalue weighted by Crippen LogP contribution is -2.25. The number of nitrogens with zero attached hydrogens (tertiary/aromatic N) is 3. The van der Waals surface area contributed by atoms with E-state index in [2.05, 4.69) is 10.3 Å². The Hall–Kier alpha value is -2.17. The normalized spacial score (nSPS) is 17.7. The largest absolute Gasteiger partial charge is 0.410 e. The molecule has 0 aliphatic carbocycles. The molecule has 1 N–H and O–H groups in total. The van der Waals surface area contributed by atoms with Gasteiger partial charge in [-0.25, -0.2) is 5.01 Å². The predicted molar refractivity (Wildman–Crippen MR) is 54.7 cm³/mol. The Bertz CT molecular complexity index is 426. The zero-order valence-corrected chi connectivity index (χ0v) is 7.87. The second-order valence-electron chi connectivity index (χ2n) is 3.08. The van der Waals surface area contributed by atoms with Gasteiger partial charge < -0.3 is 5.21 Å². The summed E-state index contributed by atoms with van der Waals surface area (Å²) in [5.41, 5.74) is 0.938. The van der Waals surface area contributed by atoms with E-state index in [0.29, 0.717) is 6.54 Å². The second kappa shape index (κ2) is 3.91. The molecule has 0 spiro atoms. The van der Waals surface area contributed by atoms with Crippen molar-refractivity contribution in [2.45, 2.75) is 6.54 Å². The lowest BCUT2D eigenvalue weighted by molar-refractivity contribution is -0.124. The Morgan fingerprint density at radius 1 is 1.33 bits per heavy atom. The fraction of sp³-hybridized carbons (Fsp3) is 0.100. The van der Waals surface area contributed by atoms with Crippen molar-refractivity contribution in [2.24, 2.45) is 10.3 Å². The van der Waals surface area contributed by atoms with Gasteiger partial charge in [0.1, 0.15) is 0 Å². The van der Waals surface area contributed by atoms with Gasteiger partial charge in [-0.05, 0) is 5.56 Å². The Morgan fingerprint density at radius 2 is 2.07 bits per heavy atom. The zero-order valence-electron chi connectivity index (χ0n) is 7.87. The summed E-state index contributed by atoms with van der Waals surface area (Å²) in [4.78, 5) is 11.5. The highest BCUT2D eigenvalue weighted by molar-refractivity contribution is 6.62. The fourth-order valence-corrected chi connectivity index (χ4v) is 1.30. The molecule has 1 amide bonds. The Labute approximate surface area is 86.3 Å². The van der Waals surface area contributed by atoms with E-state index in [4.69, 9.17) is 5.21 Å². The molecule has 1 aromatic rings. The van der Waals surface area contributed by atoms with Crippen molar-refractivity contribution in [3.63, 3.8) is 0 Å². The standard InChI is InChI=1S/C10H9N3O2/c14-10-9(12-15)6-11-13(10)7-8-4-2-1-3-5-8/h1-6,15H,7H2. The zero-order chi connectivity index (χ0) is 10.7. The smallest absolute Gasteiger partial charge is 0.297 e. The van der Waals surface area contributed by atoms with Crippen molar-refractivity contribution in [3.05, 3.63) is 35.9 Å². The van der Waals surface area contributed by atoms with E-state index < -0.39 is 0 Å². The maximum atomic E-state index is 11.5. The van der Waals surface area contributed by atoms with Gasteiger partial charge >= 0.3 is 0 Å². The average Bonchev–Trinajstić information content (AvgIpc) is 2.62. The highest BCUT2D eigenvalue weighted by Crippen LogP contribution is 2.08. The lowest BCUT2D eigenvalue weighted by atomic mass is 10.2.